The van der Waals surface area contributed by atoms with Gasteiger partial charge < -0.3 is 4.74 Å². The predicted octanol–water partition coefficient (Wildman–Crippen LogP) is 8.52. The molecule has 2 nitrogen and oxygen atoms in total. The van der Waals surface area contributed by atoms with Crippen LogP contribution in [0.4, 0.5) is 0 Å². The first-order chi connectivity index (χ1) is 15.6. The van der Waals surface area contributed by atoms with Gasteiger partial charge in [-0.25, -0.2) is 0 Å². The topological polar surface area (TPSA) is 26.3 Å². The maximum atomic E-state index is 11.5. The van der Waals surface area contributed by atoms with E-state index in [0.717, 1.165) is 48.9 Å². The van der Waals surface area contributed by atoms with Crippen LogP contribution in [-0.2, 0) is 9.53 Å². The molecule has 3 fully saturated rings. The summed E-state index contributed by atoms with van der Waals surface area (Å²) >= 11 is 0. The van der Waals surface area contributed by atoms with Crippen molar-refractivity contribution < 1.29 is 9.53 Å². The molecular weight excluding hydrogens is 404 g/mol. The van der Waals surface area contributed by atoms with E-state index in [1.807, 2.05) is 0 Å². The summed E-state index contributed by atoms with van der Waals surface area (Å²) in [5.41, 5.74) is 4.08. The van der Waals surface area contributed by atoms with Crippen molar-refractivity contribution in [3.05, 3.63) is 23.3 Å². The number of hydrogen-bond donors (Lipinski definition) is 0. The van der Waals surface area contributed by atoms with E-state index < -0.39 is 0 Å². The third kappa shape index (κ3) is 4.50. The summed E-state index contributed by atoms with van der Waals surface area (Å²) in [4.78, 5) is 11.5. The van der Waals surface area contributed by atoms with E-state index in [-0.39, 0.29) is 17.5 Å². The molecule has 0 N–H and O–H groups in total. The molecule has 4 aliphatic carbocycles. The van der Waals surface area contributed by atoms with E-state index in [0.29, 0.717) is 11.3 Å². The summed E-state index contributed by atoms with van der Waals surface area (Å²) in [5, 5.41) is 0. The Morgan fingerprint density at radius 2 is 1.79 bits per heavy atom. The highest BCUT2D eigenvalue weighted by atomic mass is 16.5. The third-order valence-corrected chi connectivity index (χ3v) is 11.1. The van der Waals surface area contributed by atoms with Gasteiger partial charge in [0.1, 0.15) is 6.10 Å². The minimum absolute atomic E-state index is 0.0835. The second-order valence-corrected chi connectivity index (χ2v) is 13.1. The number of rotatable bonds is 7. The molecule has 0 spiro atoms. The molecule has 0 unspecified atom stereocenters. The van der Waals surface area contributed by atoms with Crippen LogP contribution < -0.4 is 0 Å². The van der Waals surface area contributed by atoms with Gasteiger partial charge in [-0.15, -0.1) is 0 Å². The Morgan fingerprint density at radius 1 is 1.03 bits per heavy atom. The Bertz CT molecular complexity index is 791. The first-order valence-corrected chi connectivity index (χ1v) is 14.2. The van der Waals surface area contributed by atoms with Crippen LogP contribution in [-0.4, -0.2) is 12.1 Å². The third-order valence-electron chi connectivity index (χ3n) is 11.1. The van der Waals surface area contributed by atoms with Crippen molar-refractivity contribution in [1.29, 1.82) is 0 Å². The SMILES string of the molecule is CC[C@H](CC[C@H](C)[C@@H]1CC[C@@H]2C3=CC=C4C[C@H](OC(C)=O)CC[C@]4(C)[C@@H]3CC[C@@]21C)C(C)C. The molecule has 0 heterocycles. The fourth-order valence-electron chi connectivity index (χ4n) is 8.97. The maximum absolute atomic E-state index is 11.5. The minimum Gasteiger partial charge on any atom is -0.462 e. The molecule has 0 aromatic rings. The number of carbonyl (C=O) groups excluding carboxylic acids is 1. The lowest BCUT2D eigenvalue weighted by Crippen LogP contribution is -2.46. The van der Waals surface area contributed by atoms with Crippen LogP contribution in [0.15, 0.2) is 23.3 Å². The lowest BCUT2D eigenvalue weighted by molar-refractivity contribution is -0.148. The van der Waals surface area contributed by atoms with Crippen LogP contribution in [0.2, 0.25) is 0 Å². The monoisotopic (exact) mass is 454 g/mol. The van der Waals surface area contributed by atoms with E-state index in [2.05, 4.69) is 53.7 Å². The molecule has 3 saturated carbocycles. The van der Waals surface area contributed by atoms with Gasteiger partial charge in [0.2, 0.25) is 0 Å². The van der Waals surface area contributed by atoms with Gasteiger partial charge in [0, 0.05) is 13.3 Å². The number of esters is 1. The van der Waals surface area contributed by atoms with Crippen LogP contribution in [0.25, 0.3) is 0 Å². The fourth-order valence-corrected chi connectivity index (χ4v) is 8.97. The van der Waals surface area contributed by atoms with Crippen LogP contribution >= 0.6 is 0 Å². The Balaban J connectivity index is 1.49. The molecule has 4 rings (SSSR count). The van der Waals surface area contributed by atoms with Crippen molar-refractivity contribution in [1.82, 2.24) is 0 Å². The van der Waals surface area contributed by atoms with Crippen molar-refractivity contribution in [2.24, 2.45) is 46.3 Å². The molecule has 4 aliphatic rings. The van der Waals surface area contributed by atoms with E-state index in [1.165, 1.54) is 44.9 Å². The number of fused-ring (bicyclic) bond motifs is 5. The Morgan fingerprint density at radius 3 is 2.45 bits per heavy atom. The van der Waals surface area contributed by atoms with E-state index in [9.17, 15) is 4.79 Å². The minimum atomic E-state index is -0.130. The second kappa shape index (κ2) is 9.54. The van der Waals surface area contributed by atoms with Crippen LogP contribution in [0.5, 0.6) is 0 Å². The average molecular weight is 455 g/mol. The van der Waals surface area contributed by atoms with Crippen molar-refractivity contribution in [3.63, 3.8) is 0 Å². The number of carbonyl (C=O) groups is 1. The van der Waals surface area contributed by atoms with Gasteiger partial charge in [-0.1, -0.05) is 77.7 Å². The Hall–Kier alpha value is -1.05. The first-order valence-electron chi connectivity index (χ1n) is 14.2. The standard InChI is InChI=1S/C31H50O2/c1-8-23(20(2)3)10-9-21(4)27-13-14-28-26-12-11-24-19-25(33-22(5)32)15-17-30(24,6)29(26)16-18-31(27,28)7/h11-12,20-21,23,25,27-29H,8-10,13-19H2,1-7H3/t21-,23+,25+,27-,28+,29+,30-,31+/m0/s1. The highest BCUT2D eigenvalue weighted by Gasteiger charge is 2.57. The van der Waals surface area contributed by atoms with Gasteiger partial charge in [0.05, 0.1) is 0 Å². The molecular formula is C31H50O2. The quantitative estimate of drug-likeness (QED) is 0.360. The zero-order valence-corrected chi connectivity index (χ0v) is 22.6. The predicted molar refractivity (Wildman–Crippen MR) is 138 cm³/mol. The van der Waals surface area contributed by atoms with Crippen LogP contribution in [0.1, 0.15) is 113 Å². The zero-order chi connectivity index (χ0) is 24.0. The highest BCUT2D eigenvalue weighted by molar-refractivity contribution is 5.66. The molecule has 0 aromatic heterocycles. The van der Waals surface area contributed by atoms with Gasteiger partial charge in [0.25, 0.3) is 0 Å². The van der Waals surface area contributed by atoms with Crippen LogP contribution in [0, 0.1) is 46.3 Å². The molecule has 186 valence electrons. The van der Waals surface area contributed by atoms with E-state index >= 15 is 0 Å². The first kappa shape index (κ1) is 25.1. The van der Waals surface area contributed by atoms with E-state index in [1.54, 1.807) is 18.1 Å². The van der Waals surface area contributed by atoms with Gasteiger partial charge >= 0.3 is 5.97 Å². The molecule has 0 bridgehead atoms. The zero-order valence-electron chi connectivity index (χ0n) is 22.6. The Labute approximate surface area is 204 Å². The fraction of sp³-hybridized carbons (Fsp3) is 0.839. The summed E-state index contributed by atoms with van der Waals surface area (Å²) in [6.07, 6.45) is 17.9. The summed E-state index contributed by atoms with van der Waals surface area (Å²) < 4.78 is 5.61. The number of hydrogen-bond acceptors (Lipinski definition) is 2. The molecule has 0 aromatic carbocycles. The van der Waals surface area contributed by atoms with E-state index in [4.69, 9.17) is 4.74 Å². The number of ether oxygens (including phenoxy) is 1. The van der Waals surface area contributed by atoms with Crippen molar-refractivity contribution in [3.8, 4) is 0 Å². The summed E-state index contributed by atoms with van der Waals surface area (Å²) in [6, 6.07) is 0. The summed E-state index contributed by atoms with van der Waals surface area (Å²) in [6.45, 7) is 16.5. The normalized spacial score (nSPS) is 39.6. The molecule has 0 aliphatic heterocycles. The molecule has 0 saturated heterocycles. The molecule has 8 atom stereocenters. The Kier molecular flexibility index (Phi) is 7.24. The van der Waals surface area contributed by atoms with Crippen LogP contribution in [0.3, 0.4) is 0 Å². The smallest absolute Gasteiger partial charge is 0.302 e. The lowest BCUT2D eigenvalue weighted by Gasteiger charge is -2.55. The van der Waals surface area contributed by atoms with Gasteiger partial charge in [-0.3, -0.25) is 4.79 Å². The maximum Gasteiger partial charge on any atom is 0.302 e. The largest absolute Gasteiger partial charge is 0.462 e. The van der Waals surface area contributed by atoms with Crippen molar-refractivity contribution in [2.45, 2.75) is 119 Å². The average Bonchev–Trinajstić information content (AvgIpc) is 3.11. The van der Waals surface area contributed by atoms with Gasteiger partial charge in [-0.2, -0.15) is 0 Å². The summed E-state index contributed by atoms with van der Waals surface area (Å²) in [5.74, 6) is 4.77. The van der Waals surface area contributed by atoms with Gasteiger partial charge in [-0.05, 0) is 91.3 Å². The number of allylic oxidation sites excluding steroid dienone is 3. The van der Waals surface area contributed by atoms with Crippen molar-refractivity contribution in [2.75, 3.05) is 0 Å². The molecule has 0 amide bonds. The molecule has 33 heavy (non-hydrogen) atoms. The van der Waals surface area contributed by atoms with Gasteiger partial charge in [0.15, 0.2) is 0 Å². The highest BCUT2D eigenvalue weighted by Crippen LogP contribution is 2.66. The molecule has 2 heteroatoms. The second-order valence-electron chi connectivity index (χ2n) is 13.1. The molecule has 0 radical (unpaired) electrons. The lowest BCUT2D eigenvalue weighted by atomic mass is 9.50. The van der Waals surface area contributed by atoms with Crippen molar-refractivity contribution >= 4 is 5.97 Å². The summed E-state index contributed by atoms with van der Waals surface area (Å²) in [7, 11) is 0.